The van der Waals surface area contributed by atoms with Crippen LogP contribution in [0.3, 0.4) is 0 Å². The summed E-state index contributed by atoms with van der Waals surface area (Å²) in [7, 11) is 1.71. The van der Waals surface area contributed by atoms with Crippen LogP contribution in [-0.2, 0) is 11.3 Å². The quantitative estimate of drug-likeness (QED) is 0.811. The zero-order valence-corrected chi connectivity index (χ0v) is 13.9. The second kappa shape index (κ2) is 7.63. The van der Waals surface area contributed by atoms with Crippen LogP contribution in [0.2, 0.25) is 0 Å². The van der Waals surface area contributed by atoms with Gasteiger partial charge in [0.1, 0.15) is 11.4 Å². The first-order valence-electron chi connectivity index (χ1n) is 7.61. The first kappa shape index (κ1) is 17.5. The van der Waals surface area contributed by atoms with Crippen LogP contribution in [0.15, 0.2) is 30.3 Å². The number of rotatable bonds is 7. The van der Waals surface area contributed by atoms with Crippen LogP contribution >= 0.6 is 0 Å². The van der Waals surface area contributed by atoms with Crippen molar-refractivity contribution in [3.8, 4) is 5.75 Å². The number of nitrogens with zero attached hydrogens (tertiary/aromatic N) is 2. The number of aliphatic carboxylic acids is 1. The monoisotopic (exact) mass is 331 g/mol. The summed E-state index contributed by atoms with van der Waals surface area (Å²) in [5, 5.41) is 15.5. The molecule has 7 heteroatoms. The molecule has 24 heavy (non-hydrogen) atoms. The Morgan fingerprint density at radius 3 is 2.50 bits per heavy atom. The molecule has 0 aliphatic carbocycles. The molecule has 2 rings (SSSR count). The van der Waals surface area contributed by atoms with E-state index in [0.29, 0.717) is 18.0 Å². The smallest absolute Gasteiger partial charge is 0.341 e. The molecule has 1 aromatic heterocycles. The van der Waals surface area contributed by atoms with E-state index in [4.69, 9.17) is 9.84 Å². The summed E-state index contributed by atoms with van der Waals surface area (Å²) in [4.78, 5) is 24.4. The molecule has 1 amide bonds. The lowest BCUT2D eigenvalue weighted by atomic mass is 10.1. The Bertz CT molecular complexity index is 707. The average Bonchev–Trinajstić information content (AvgIpc) is 3.03. The molecule has 0 spiro atoms. The van der Waals surface area contributed by atoms with Gasteiger partial charge in [0.05, 0.1) is 0 Å². The van der Waals surface area contributed by atoms with Crippen molar-refractivity contribution >= 4 is 11.9 Å². The summed E-state index contributed by atoms with van der Waals surface area (Å²) in [5.74, 6) is -0.430. The largest absolute Gasteiger partial charge is 0.482 e. The lowest BCUT2D eigenvalue weighted by Crippen LogP contribution is -2.26. The Morgan fingerprint density at radius 1 is 1.29 bits per heavy atom. The van der Waals surface area contributed by atoms with Gasteiger partial charge in [0.25, 0.3) is 5.91 Å². The van der Waals surface area contributed by atoms with Crippen LogP contribution in [0.1, 0.15) is 41.5 Å². The van der Waals surface area contributed by atoms with Crippen LogP contribution < -0.4 is 4.74 Å². The number of benzene rings is 1. The van der Waals surface area contributed by atoms with Crippen molar-refractivity contribution in [3.63, 3.8) is 0 Å². The molecule has 0 unspecified atom stereocenters. The van der Waals surface area contributed by atoms with Gasteiger partial charge >= 0.3 is 5.97 Å². The van der Waals surface area contributed by atoms with Gasteiger partial charge in [-0.3, -0.25) is 9.89 Å². The number of aromatic nitrogens is 2. The average molecular weight is 331 g/mol. The van der Waals surface area contributed by atoms with E-state index in [0.717, 1.165) is 11.3 Å². The molecule has 0 radical (unpaired) electrons. The predicted molar refractivity (Wildman–Crippen MR) is 88.0 cm³/mol. The van der Waals surface area contributed by atoms with E-state index < -0.39 is 5.97 Å². The summed E-state index contributed by atoms with van der Waals surface area (Å²) in [6.45, 7) is 4.09. The highest BCUT2D eigenvalue weighted by molar-refractivity contribution is 5.92. The van der Waals surface area contributed by atoms with Crippen LogP contribution in [0.25, 0.3) is 0 Å². The number of hydrogen-bond donors (Lipinski definition) is 2. The minimum absolute atomic E-state index is 0.163. The highest BCUT2D eigenvalue weighted by Crippen LogP contribution is 2.16. The van der Waals surface area contributed by atoms with Gasteiger partial charge in [-0.1, -0.05) is 26.0 Å². The van der Waals surface area contributed by atoms with Crippen molar-refractivity contribution in [1.29, 1.82) is 0 Å². The molecule has 1 aromatic carbocycles. The van der Waals surface area contributed by atoms with Crippen molar-refractivity contribution in [1.82, 2.24) is 15.1 Å². The number of carbonyl (C=O) groups excluding carboxylic acids is 1. The van der Waals surface area contributed by atoms with E-state index in [1.165, 1.54) is 0 Å². The van der Waals surface area contributed by atoms with E-state index in [2.05, 4.69) is 10.2 Å². The number of aromatic amines is 1. The summed E-state index contributed by atoms with van der Waals surface area (Å²) in [5.41, 5.74) is 2.22. The van der Waals surface area contributed by atoms with Crippen LogP contribution in [0.4, 0.5) is 0 Å². The van der Waals surface area contributed by atoms with E-state index >= 15 is 0 Å². The van der Waals surface area contributed by atoms with Gasteiger partial charge in [-0.25, -0.2) is 4.79 Å². The third-order valence-electron chi connectivity index (χ3n) is 3.49. The predicted octanol–water partition coefficient (Wildman–Crippen LogP) is 2.27. The number of hydrogen-bond acceptors (Lipinski definition) is 4. The van der Waals surface area contributed by atoms with Gasteiger partial charge in [-0.05, 0) is 29.7 Å². The van der Waals surface area contributed by atoms with Gasteiger partial charge in [-0.15, -0.1) is 0 Å². The molecular formula is C17H21N3O4. The number of carboxylic acid groups (broad SMARTS) is 1. The zero-order chi connectivity index (χ0) is 17.7. The van der Waals surface area contributed by atoms with Crippen molar-refractivity contribution in [2.45, 2.75) is 26.3 Å². The topological polar surface area (TPSA) is 95.5 Å². The van der Waals surface area contributed by atoms with Crippen molar-refractivity contribution in [3.05, 3.63) is 47.3 Å². The van der Waals surface area contributed by atoms with Crippen LogP contribution in [-0.4, -0.2) is 45.7 Å². The van der Waals surface area contributed by atoms with Crippen LogP contribution in [0.5, 0.6) is 5.75 Å². The molecule has 1 heterocycles. The number of nitrogens with one attached hydrogen (secondary N) is 1. The zero-order valence-electron chi connectivity index (χ0n) is 13.9. The van der Waals surface area contributed by atoms with Gasteiger partial charge in [0, 0.05) is 19.3 Å². The highest BCUT2D eigenvalue weighted by Gasteiger charge is 2.16. The molecule has 0 aliphatic heterocycles. The fraction of sp³-hybridized carbons (Fsp3) is 0.353. The van der Waals surface area contributed by atoms with E-state index in [1.807, 2.05) is 13.8 Å². The Kier molecular flexibility index (Phi) is 5.57. The first-order chi connectivity index (χ1) is 11.4. The maximum Gasteiger partial charge on any atom is 0.341 e. The van der Waals surface area contributed by atoms with Crippen molar-refractivity contribution in [2.24, 2.45) is 0 Å². The maximum absolute atomic E-state index is 12.4. The third-order valence-corrected chi connectivity index (χ3v) is 3.49. The first-order valence-corrected chi connectivity index (χ1v) is 7.61. The van der Waals surface area contributed by atoms with Crippen LogP contribution in [0, 0.1) is 0 Å². The molecule has 7 nitrogen and oxygen atoms in total. The standard InChI is InChI=1S/C17H21N3O4/c1-11(2)14-8-15(19-18-14)17(23)20(3)9-12-4-6-13(7-5-12)24-10-16(21)22/h4-8,11H,9-10H2,1-3H3,(H,18,19)(H,21,22). The summed E-state index contributed by atoms with van der Waals surface area (Å²) in [6, 6.07) is 8.73. The summed E-state index contributed by atoms with van der Waals surface area (Å²) >= 11 is 0. The fourth-order valence-electron chi connectivity index (χ4n) is 2.12. The number of carbonyl (C=O) groups is 2. The summed E-state index contributed by atoms with van der Waals surface area (Å²) < 4.78 is 5.08. The SMILES string of the molecule is CC(C)c1cc(C(=O)N(C)Cc2ccc(OCC(=O)O)cc2)n[nH]1. The Labute approximate surface area is 140 Å². The molecule has 0 saturated carbocycles. The molecule has 128 valence electrons. The minimum Gasteiger partial charge on any atom is -0.482 e. The number of amides is 1. The Morgan fingerprint density at radius 2 is 1.96 bits per heavy atom. The van der Waals surface area contributed by atoms with Gasteiger partial charge in [-0.2, -0.15) is 5.10 Å². The van der Waals surface area contributed by atoms with Crippen molar-refractivity contribution in [2.75, 3.05) is 13.7 Å². The normalized spacial score (nSPS) is 10.7. The number of H-pyrrole nitrogens is 1. The van der Waals surface area contributed by atoms with Gasteiger partial charge < -0.3 is 14.7 Å². The minimum atomic E-state index is -1.02. The second-order valence-electron chi connectivity index (χ2n) is 5.85. The Balaban J connectivity index is 1.96. The molecule has 2 aromatic rings. The summed E-state index contributed by atoms with van der Waals surface area (Å²) in [6.07, 6.45) is 0. The Hall–Kier alpha value is -2.83. The fourth-order valence-corrected chi connectivity index (χ4v) is 2.12. The molecule has 0 saturated heterocycles. The molecule has 0 fully saturated rings. The highest BCUT2D eigenvalue weighted by atomic mass is 16.5. The molecule has 2 N–H and O–H groups in total. The second-order valence-corrected chi connectivity index (χ2v) is 5.85. The number of carboxylic acids is 1. The molecular weight excluding hydrogens is 310 g/mol. The molecule has 0 aliphatic rings. The maximum atomic E-state index is 12.4. The molecule has 0 atom stereocenters. The molecule has 0 bridgehead atoms. The van der Waals surface area contributed by atoms with E-state index in [-0.39, 0.29) is 18.4 Å². The number of ether oxygens (including phenoxy) is 1. The van der Waals surface area contributed by atoms with E-state index in [9.17, 15) is 9.59 Å². The van der Waals surface area contributed by atoms with Gasteiger partial charge in [0.15, 0.2) is 6.61 Å². The third kappa shape index (κ3) is 4.58. The van der Waals surface area contributed by atoms with E-state index in [1.54, 1.807) is 42.3 Å². The lowest BCUT2D eigenvalue weighted by Gasteiger charge is -2.16. The lowest BCUT2D eigenvalue weighted by molar-refractivity contribution is -0.139. The van der Waals surface area contributed by atoms with Crippen molar-refractivity contribution < 1.29 is 19.4 Å². The van der Waals surface area contributed by atoms with Gasteiger partial charge in [0.2, 0.25) is 0 Å².